The molecule has 37 heavy (non-hydrogen) atoms. The molecule has 0 heterocycles. The molecule has 0 saturated heterocycles. The summed E-state index contributed by atoms with van der Waals surface area (Å²) in [5.74, 6) is -0.311. The fourth-order valence-corrected chi connectivity index (χ4v) is 5.44. The molecule has 0 unspecified atom stereocenters. The van der Waals surface area contributed by atoms with Gasteiger partial charge < -0.3 is 10.2 Å². The minimum Gasteiger partial charge on any atom is -0.354 e. The highest BCUT2D eigenvalue weighted by atomic mass is 35.5. The van der Waals surface area contributed by atoms with Crippen LogP contribution in [0.1, 0.15) is 57.1 Å². The number of carbonyl (C=O) groups excluding carboxylic acids is 2. The number of carbonyl (C=O) groups is 2. The highest BCUT2D eigenvalue weighted by Crippen LogP contribution is 2.28. The molecule has 1 N–H and O–H groups in total. The number of rotatable bonds is 15. The quantitative estimate of drug-likeness (QED) is 0.318. The molecule has 0 aliphatic heterocycles. The number of halogens is 1. The molecule has 204 valence electrons. The van der Waals surface area contributed by atoms with Crippen LogP contribution in [0.5, 0.6) is 0 Å². The molecule has 0 aliphatic rings. The first-order valence-corrected chi connectivity index (χ1v) is 15.2. The maximum absolute atomic E-state index is 13.4. The third kappa shape index (κ3) is 9.34. The van der Waals surface area contributed by atoms with Gasteiger partial charge in [-0.1, -0.05) is 68.3 Å². The first-order chi connectivity index (χ1) is 17.6. The molecule has 0 spiro atoms. The van der Waals surface area contributed by atoms with Crippen LogP contribution < -0.4 is 9.62 Å². The van der Waals surface area contributed by atoms with E-state index in [1.807, 2.05) is 37.3 Å². The minimum atomic E-state index is -3.58. The third-order valence-corrected chi connectivity index (χ3v) is 7.95. The summed E-state index contributed by atoms with van der Waals surface area (Å²) in [7, 11) is -3.58. The topological polar surface area (TPSA) is 86.8 Å². The van der Waals surface area contributed by atoms with Gasteiger partial charge in [0.25, 0.3) is 0 Å². The van der Waals surface area contributed by atoms with Gasteiger partial charge in [0.15, 0.2) is 0 Å². The van der Waals surface area contributed by atoms with Gasteiger partial charge in [0.05, 0.1) is 11.9 Å². The maximum atomic E-state index is 13.4. The van der Waals surface area contributed by atoms with Gasteiger partial charge in [0, 0.05) is 31.1 Å². The number of hydrogen-bond acceptors (Lipinski definition) is 4. The van der Waals surface area contributed by atoms with Crippen LogP contribution in [0.25, 0.3) is 0 Å². The van der Waals surface area contributed by atoms with Crippen molar-refractivity contribution in [2.24, 2.45) is 0 Å². The van der Waals surface area contributed by atoms with E-state index in [1.54, 1.807) is 30.0 Å². The van der Waals surface area contributed by atoms with Crippen molar-refractivity contribution in [2.45, 2.75) is 65.3 Å². The molecule has 2 aromatic rings. The lowest BCUT2D eigenvalue weighted by Gasteiger charge is -2.31. The van der Waals surface area contributed by atoms with Gasteiger partial charge in [0.2, 0.25) is 21.8 Å². The number of amides is 2. The Balaban J connectivity index is 2.17. The Morgan fingerprint density at radius 2 is 1.70 bits per heavy atom. The predicted molar refractivity (Wildman–Crippen MR) is 151 cm³/mol. The molecule has 0 radical (unpaired) electrons. The summed E-state index contributed by atoms with van der Waals surface area (Å²) < 4.78 is 26.4. The fourth-order valence-electron chi connectivity index (χ4n) is 4.25. The Kier molecular flexibility index (Phi) is 12.4. The summed E-state index contributed by atoms with van der Waals surface area (Å²) in [4.78, 5) is 28.1. The van der Waals surface area contributed by atoms with E-state index in [4.69, 9.17) is 11.6 Å². The van der Waals surface area contributed by atoms with Crippen LogP contribution in [0.15, 0.2) is 48.5 Å². The second kappa shape index (κ2) is 15.0. The highest BCUT2D eigenvalue weighted by Gasteiger charge is 2.28. The predicted octanol–water partition coefficient (Wildman–Crippen LogP) is 4.96. The summed E-state index contributed by atoms with van der Waals surface area (Å²) in [6.45, 7) is 6.86. The largest absolute Gasteiger partial charge is 0.354 e. The zero-order valence-electron chi connectivity index (χ0n) is 22.4. The maximum Gasteiger partial charge on any atom is 0.242 e. The van der Waals surface area contributed by atoms with Crippen molar-refractivity contribution >= 4 is 39.1 Å². The fraction of sp³-hybridized carbons (Fsp3) is 0.500. The van der Waals surface area contributed by atoms with Crippen molar-refractivity contribution in [1.29, 1.82) is 0 Å². The normalized spacial score (nSPS) is 12.1. The average Bonchev–Trinajstić information content (AvgIpc) is 2.86. The summed E-state index contributed by atoms with van der Waals surface area (Å²) in [5, 5.41) is 3.44. The standard InChI is InChI=1S/C28H40ClN3O4S/c1-5-7-19-30-28(34)25(6-2)31(21-18-23-13-9-8-10-14-23)27(33)17-12-20-32(37(4,35)36)26-16-11-15-24(29)22(26)3/h8-11,13-16,25H,5-7,12,17-21H2,1-4H3,(H,30,34)/t25-/m1/s1. The van der Waals surface area contributed by atoms with Gasteiger partial charge in [-0.05, 0) is 55.9 Å². The van der Waals surface area contributed by atoms with Gasteiger partial charge in [-0.2, -0.15) is 0 Å². The number of sulfonamides is 1. The molecule has 1 atom stereocenters. The lowest BCUT2D eigenvalue weighted by Crippen LogP contribution is -2.50. The second-order valence-corrected chi connectivity index (χ2v) is 11.5. The van der Waals surface area contributed by atoms with E-state index in [2.05, 4.69) is 12.2 Å². The Labute approximate surface area is 227 Å². The van der Waals surface area contributed by atoms with E-state index in [-0.39, 0.29) is 24.8 Å². The summed E-state index contributed by atoms with van der Waals surface area (Å²) >= 11 is 6.23. The molecule has 2 rings (SSSR count). The van der Waals surface area contributed by atoms with Crippen molar-refractivity contribution in [3.05, 3.63) is 64.7 Å². The lowest BCUT2D eigenvalue weighted by molar-refractivity contribution is -0.140. The van der Waals surface area contributed by atoms with Crippen molar-refractivity contribution in [3.8, 4) is 0 Å². The van der Waals surface area contributed by atoms with Crippen molar-refractivity contribution in [1.82, 2.24) is 10.2 Å². The van der Waals surface area contributed by atoms with Crippen LogP contribution in [-0.4, -0.2) is 57.1 Å². The number of nitrogens with zero attached hydrogens (tertiary/aromatic N) is 2. The molecule has 2 amide bonds. The van der Waals surface area contributed by atoms with Crippen molar-refractivity contribution in [3.63, 3.8) is 0 Å². The monoisotopic (exact) mass is 549 g/mol. The van der Waals surface area contributed by atoms with Crippen LogP contribution in [0.3, 0.4) is 0 Å². The first kappa shape index (κ1) is 30.6. The lowest BCUT2D eigenvalue weighted by atomic mass is 10.1. The molecule has 0 fully saturated rings. The highest BCUT2D eigenvalue weighted by molar-refractivity contribution is 7.92. The smallest absolute Gasteiger partial charge is 0.242 e. The Bertz CT molecular complexity index is 1130. The Hall–Kier alpha value is -2.58. The Morgan fingerprint density at radius 1 is 1.00 bits per heavy atom. The van der Waals surface area contributed by atoms with E-state index in [1.165, 1.54) is 4.31 Å². The van der Waals surface area contributed by atoms with E-state index in [9.17, 15) is 18.0 Å². The molecule has 7 nitrogen and oxygen atoms in total. The average molecular weight is 550 g/mol. The third-order valence-electron chi connectivity index (χ3n) is 6.36. The molecule has 0 aliphatic carbocycles. The van der Waals surface area contributed by atoms with E-state index < -0.39 is 16.1 Å². The summed E-state index contributed by atoms with van der Waals surface area (Å²) in [6, 6.07) is 14.4. The van der Waals surface area contributed by atoms with E-state index in [0.29, 0.717) is 48.6 Å². The zero-order valence-corrected chi connectivity index (χ0v) is 23.9. The molecular weight excluding hydrogens is 510 g/mol. The van der Waals surface area contributed by atoms with Crippen LogP contribution in [-0.2, 0) is 26.0 Å². The van der Waals surface area contributed by atoms with E-state index >= 15 is 0 Å². The van der Waals surface area contributed by atoms with Crippen LogP contribution in [0.4, 0.5) is 5.69 Å². The number of nitrogens with one attached hydrogen (secondary N) is 1. The first-order valence-electron chi connectivity index (χ1n) is 12.9. The molecular formula is C28H40ClN3O4S. The molecule has 9 heteroatoms. The van der Waals surface area contributed by atoms with Crippen LogP contribution >= 0.6 is 11.6 Å². The van der Waals surface area contributed by atoms with Gasteiger partial charge >= 0.3 is 0 Å². The molecule has 0 bridgehead atoms. The number of anilines is 1. The SMILES string of the molecule is CCCCNC(=O)[C@@H](CC)N(CCc1ccccc1)C(=O)CCCN(c1cccc(Cl)c1C)S(C)(=O)=O. The summed E-state index contributed by atoms with van der Waals surface area (Å²) in [6.07, 6.45) is 4.56. The number of hydrogen-bond donors (Lipinski definition) is 1. The molecule has 0 aromatic heterocycles. The van der Waals surface area contributed by atoms with Crippen molar-refractivity contribution in [2.75, 3.05) is 30.2 Å². The second-order valence-electron chi connectivity index (χ2n) is 9.21. The van der Waals surface area contributed by atoms with Crippen molar-refractivity contribution < 1.29 is 18.0 Å². The van der Waals surface area contributed by atoms with Gasteiger partial charge in [-0.15, -0.1) is 0 Å². The van der Waals surface area contributed by atoms with Gasteiger partial charge in [-0.3, -0.25) is 13.9 Å². The summed E-state index contributed by atoms with van der Waals surface area (Å²) in [5.41, 5.74) is 2.26. The Morgan fingerprint density at radius 3 is 2.32 bits per heavy atom. The van der Waals surface area contributed by atoms with Crippen LogP contribution in [0, 0.1) is 6.92 Å². The zero-order chi connectivity index (χ0) is 27.4. The van der Waals surface area contributed by atoms with Crippen LogP contribution in [0.2, 0.25) is 5.02 Å². The molecule has 2 aromatic carbocycles. The number of unbranched alkanes of at least 4 members (excludes halogenated alkanes) is 1. The minimum absolute atomic E-state index is 0.124. The number of benzene rings is 2. The van der Waals surface area contributed by atoms with Gasteiger partial charge in [0.1, 0.15) is 6.04 Å². The van der Waals surface area contributed by atoms with E-state index in [0.717, 1.165) is 24.7 Å². The molecule has 0 saturated carbocycles. The van der Waals surface area contributed by atoms with Gasteiger partial charge in [-0.25, -0.2) is 8.42 Å².